The Morgan fingerprint density at radius 2 is 2.38 bits per heavy atom. The van der Waals surface area contributed by atoms with Gasteiger partial charge in [-0.3, -0.25) is 4.98 Å². The number of furan rings is 1. The predicted molar refractivity (Wildman–Crippen MR) is 63.2 cm³/mol. The highest BCUT2D eigenvalue weighted by Crippen LogP contribution is 2.25. The molecule has 0 saturated carbocycles. The molecule has 1 saturated heterocycles. The fourth-order valence-electron chi connectivity index (χ4n) is 2.27. The van der Waals surface area contributed by atoms with Crippen molar-refractivity contribution in [3.05, 3.63) is 24.6 Å². The molecule has 0 aliphatic carbocycles. The zero-order valence-electron chi connectivity index (χ0n) is 9.10. The number of rotatable bonds is 1. The van der Waals surface area contributed by atoms with Gasteiger partial charge in [-0.2, -0.15) is 0 Å². The van der Waals surface area contributed by atoms with Crippen molar-refractivity contribution in [1.82, 2.24) is 4.98 Å². The molecular formula is C12H15N3O. The number of hydrogen-bond acceptors (Lipinski definition) is 4. The third kappa shape index (κ3) is 1.55. The van der Waals surface area contributed by atoms with Crippen LogP contribution < -0.4 is 10.6 Å². The summed E-state index contributed by atoms with van der Waals surface area (Å²) in [6.07, 6.45) is 7.12. The van der Waals surface area contributed by atoms with Gasteiger partial charge in [0.2, 0.25) is 0 Å². The zero-order chi connectivity index (χ0) is 11.0. The van der Waals surface area contributed by atoms with E-state index < -0.39 is 0 Å². The Labute approximate surface area is 94.0 Å². The van der Waals surface area contributed by atoms with E-state index in [1.54, 1.807) is 6.26 Å². The van der Waals surface area contributed by atoms with Crippen molar-refractivity contribution in [2.75, 3.05) is 11.4 Å². The Morgan fingerprint density at radius 1 is 1.44 bits per heavy atom. The molecule has 1 atom stereocenters. The third-order valence-corrected chi connectivity index (χ3v) is 3.17. The number of piperidine rings is 1. The molecule has 2 aromatic rings. The van der Waals surface area contributed by atoms with Gasteiger partial charge in [-0.15, -0.1) is 0 Å². The topological polar surface area (TPSA) is 55.3 Å². The van der Waals surface area contributed by atoms with Gasteiger partial charge in [0.05, 0.1) is 24.3 Å². The van der Waals surface area contributed by atoms with Crippen molar-refractivity contribution in [1.29, 1.82) is 0 Å². The van der Waals surface area contributed by atoms with Crippen LogP contribution in [0, 0.1) is 0 Å². The van der Waals surface area contributed by atoms with Gasteiger partial charge in [0, 0.05) is 18.7 Å². The lowest BCUT2D eigenvalue weighted by atomic mass is 10.1. The smallest absolute Gasteiger partial charge is 0.154 e. The first-order valence-corrected chi connectivity index (χ1v) is 5.70. The van der Waals surface area contributed by atoms with E-state index >= 15 is 0 Å². The summed E-state index contributed by atoms with van der Waals surface area (Å²) in [5.74, 6) is 0. The summed E-state index contributed by atoms with van der Waals surface area (Å²) in [6.45, 7) is 1.01. The molecule has 1 aliphatic heterocycles. The first kappa shape index (κ1) is 9.66. The first-order valence-electron chi connectivity index (χ1n) is 5.70. The first-order chi connectivity index (χ1) is 7.84. The number of hydrogen-bond donors (Lipinski definition) is 1. The normalized spacial score (nSPS) is 21.6. The lowest BCUT2D eigenvalue weighted by molar-refractivity contribution is 0.469. The lowest BCUT2D eigenvalue weighted by Crippen LogP contribution is -2.45. The van der Waals surface area contributed by atoms with E-state index in [-0.39, 0.29) is 6.17 Å². The van der Waals surface area contributed by atoms with Gasteiger partial charge < -0.3 is 15.1 Å². The maximum Gasteiger partial charge on any atom is 0.154 e. The van der Waals surface area contributed by atoms with E-state index in [9.17, 15) is 0 Å². The SMILES string of the molecule is NC1CCCCN1c1cnc2ccoc2c1. The van der Waals surface area contributed by atoms with Crippen LogP contribution in [0.15, 0.2) is 29.0 Å². The van der Waals surface area contributed by atoms with Gasteiger partial charge in [-0.25, -0.2) is 0 Å². The second-order valence-electron chi connectivity index (χ2n) is 4.25. The number of anilines is 1. The van der Waals surface area contributed by atoms with Gasteiger partial charge >= 0.3 is 0 Å². The number of nitrogens with zero attached hydrogens (tertiary/aromatic N) is 2. The van der Waals surface area contributed by atoms with Crippen LogP contribution in [0.2, 0.25) is 0 Å². The van der Waals surface area contributed by atoms with E-state index in [1.807, 2.05) is 18.3 Å². The van der Waals surface area contributed by atoms with Crippen LogP contribution in [0.3, 0.4) is 0 Å². The largest absolute Gasteiger partial charge is 0.463 e. The molecule has 1 aliphatic rings. The third-order valence-electron chi connectivity index (χ3n) is 3.17. The highest BCUT2D eigenvalue weighted by Gasteiger charge is 2.19. The highest BCUT2D eigenvalue weighted by atomic mass is 16.3. The summed E-state index contributed by atoms with van der Waals surface area (Å²) in [6, 6.07) is 3.89. The summed E-state index contributed by atoms with van der Waals surface area (Å²) in [5.41, 5.74) is 8.89. The Kier molecular flexibility index (Phi) is 2.29. The molecule has 1 fully saturated rings. The number of nitrogens with two attached hydrogens (primary N) is 1. The second-order valence-corrected chi connectivity index (χ2v) is 4.25. The lowest BCUT2D eigenvalue weighted by Gasteiger charge is -2.34. The average Bonchev–Trinajstić information content (AvgIpc) is 2.76. The quantitative estimate of drug-likeness (QED) is 0.794. The molecule has 4 nitrogen and oxygen atoms in total. The molecule has 84 valence electrons. The van der Waals surface area contributed by atoms with Crippen LogP contribution in [-0.4, -0.2) is 17.7 Å². The number of fused-ring (bicyclic) bond motifs is 1. The molecule has 0 spiro atoms. The summed E-state index contributed by atoms with van der Waals surface area (Å²) >= 11 is 0. The van der Waals surface area contributed by atoms with Gasteiger partial charge in [-0.1, -0.05) is 0 Å². The maximum atomic E-state index is 6.10. The van der Waals surface area contributed by atoms with Gasteiger partial charge in [0.15, 0.2) is 5.58 Å². The Bertz CT molecular complexity index is 494. The van der Waals surface area contributed by atoms with Gasteiger partial charge in [0.1, 0.15) is 5.52 Å². The van der Waals surface area contributed by atoms with E-state index in [2.05, 4.69) is 9.88 Å². The molecule has 0 radical (unpaired) electrons. The molecule has 4 heteroatoms. The predicted octanol–water partition coefficient (Wildman–Crippen LogP) is 2.10. The fraction of sp³-hybridized carbons (Fsp3) is 0.417. The monoisotopic (exact) mass is 217 g/mol. The highest BCUT2D eigenvalue weighted by molar-refractivity contribution is 5.76. The van der Waals surface area contributed by atoms with E-state index in [4.69, 9.17) is 10.2 Å². The summed E-state index contributed by atoms with van der Waals surface area (Å²) in [7, 11) is 0. The molecule has 2 N–H and O–H groups in total. The van der Waals surface area contributed by atoms with Crippen molar-refractivity contribution in [3.8, 4) is 0 Å². The van der Waals surface area contributed by atoms with Crippen molar-refractivity contribution in [3.63, 3.8) is 0 Å². The summed E-state index contributed by atoms with van der Waals surface area (Å²) < 4.78 is 5.35. The van der Waals surface area contributed by atoms with E-state index in [0.717, 1.165) is 29.8 Å². The molecular weight excluding hydrogens is 202 g/mol. The van der Waals surface area contributed by atoms with Crippen LogP contribution in [0.25, 0.3) is 11.1 Å². The Balaban J connectivity index is 1.97. The molecule has 0 bridgehead atoms. The average molecular weight is 217 g/mol. The van der Waals surface area contributed by atoms with Crippen LogP contribution in [0.4, 0.5) is 5.69 Å². The molecule has 2 aromatic heterocycles. The standard InChI is InChI=1S/C12H15N3O/c13-12-3-1-2-5-15(12)9-7-11-10(14-8-9)4-6-16-11/h4,6-8,12H,1-3,5,13H2. The van der Waals surface area contributed by atoms with Gasteiger partial charge in [-0.05, 0) is 19.3 Å². The molecule has 3 rings (SSSR count). The van der Waals surface area contributed by atoms with Crippen molar-refractivity contribution in [2.24, 2.45) is 5.73 Å². The summed E-state index contributed by atoms with van der Waals surface area (Å²) in [4.78, 5) is 6.57. The Morgan fingerprint density at radius 3 is 3.25 bits per heavy atom. The van der Waals surface area contributed by atoms with Crippen LogP contribution >= 0.6 is 0 Å². The molecule has 0 aromatic carbocycles. The zero-order valence-corrected chi connectivity index (χ0v) is 9.10. The van der Waals surface area contributed by atoms with Crippen molar-refractivity contribution >= 4 is 16.8 Å². The van der Waals surface area contributed by atoms with Crippen LogP contribution in [-0.2, 0) is 0 Å². The van der Waals surface area contributed by atoms with Gasteiger partial charge in [0.25, 0.3) is 0 Å². The minimum Gasteiger partial charge on any atom is -0.463 e. The number of pyridine rings is 1. The number of aromatic nitrogens is 1. The van der Waals surface area contributed by atoms with Crippen LogP contribution in [0.1, 0.15) is 19.3 Å². The molecule has 0 amide bonds. The van der Waals surface area contributed by atoms with E-state index in [1.165, 1.54) is 12.8 Å². The minimum absolute atomic E-state index is 0.114. The maximum absolute atomic E-state index is 6.10. The fourth-order valence-corrected chi connectivity index (χ4v) is 2.27. The molecule has 3 heterocycles. The van der Waals surface area contributed by atoms with E-state index in [0.29, 0.717) is 0 Å². The second kappa shape index (κ2) is 3.79. The van der Waals surface area contributed by atoms with Crippen molar-refractivity contribution in [2.45, 2.75) is 25.4 Å². The van der Waals surface area contributed by atoms with Crippen molar-refractivity contribution < 1.29 is 4.42 Å². The molecule has 16 heavy (non-hydrogen) atoms. The minimum atomic E-state index is 0.114. The molecule has 1 unspecified atom stereocenters. The van der Waals surface area contributed by atoms with Crippen LogP contribution in [0.5, 0.6) is 0 Å². The summed E-state index contributed by atoms with van der Waals surface area (Å²) in [5, 5.41) is 0. The Hall–Kier alpha value is -1.55.